The number of likely N-dealkylation sites (tertiary alicyclic amines) is 1. The van der Waals surface area contributed by atoms with Gasteiger partial charge in [0.05, 0.1) is 12.0 Å². The predicted molar refractivity (Wildman–Crippen MR) is 65.9 cm³/mol. The fourth-order valence-electron chi connectivity index (χ4n) is 2.48. The monoisotopic (exact) mass is 282 g/mol. The summed E-state index contributed by atoms with van der Waals surface area (Å²) in [5, 5.41) is 19.9. The molecular formula is C12H14N2O6. The molecule has 1 saturated heterocycles. The van der Waals surface area contributed by atoms with E-state index in [-0.39, 0.29) is 18.1 Å². The molecule has 1 aliphatic rings. The second-order valence-corrected chi connectivity index (χ2v) is 4.72. The number of hydrogen-bond acceptors (Lipinski definition) is 5. The minimum Gasteiger partial charge on any atom is -0.481 e. The second kappa shape index (κ2) is 5.32. The van der Waals surface area contributed by atoms with Crippen molar-refractivity contribution in [2.45, 2.75) is 25.3 Å². The van der Waals surface area contributed by atoms with Crippen molar-refractivity contribution in [2.75, 3.05) is 7.05 Å². The second-order valence-electron chi connectivity index (χ2n) is 4.72. The summed E-state index contributed by atoms with van der Waals surface area (Å²) in [5.41, 5.74) is 0. The van der Waals surface area contributed by atoms with E-state index in [0.29, 0.717) is 12.8 Å². The minimum absolute atomic E-state index is 0.127. The van der Waals surface area contributed by atoms with Crippen molar-refractivity contribution in [3.05, 3.63) is 28.0 Å². The predicted octanol–water partition coefficient (Wildman–Crippen LogP) is 1.57. The average molecular weight is 282 g/mol. The molecule has 0 aromatic carbocycles. The molecule has 108 valence electrons. The minimum atomic E-state index is -1.05. The van der Waals surface area contributed by atoms with E-state index in [1.165, 1.54) is 18.0 Å². The number of carbonyl (C=O) groups excluding carboxylic acids is 1. The fraction of sp³-hybridized carbons (Fsp3) is 0.500. The fourth-order valence-corrected chi connectivity index (χ4v) is 2.48. The van der Waals surface area contributed by atoms with Gasteiger partial charge < -0.3 is 14.4 Å². The van der Waals surface area contributed by atoms with Gasteiger partial charge in [-0.15, -0.1) is 0 Å². The van der Waals surface area contributed by atoms with Gasteiger partial charge in [-0.05, 0) is 18.9 Å². The molecule has 1 fully saturated rings. The summed E-state index contributed by atoms with van der Waals surface area (Å²) in [6.07, 6.45) is 1.06. The topological polar surface area (TPSA) is 114 Å². The standard InChI is InChI=1S/C12H14N2O6/c1-13-9(15)4-2-3-7(12(16)17)11(13)8-5-6-10(20-8)14(18)19/h5-7,11H,2-4H2,1H3,(H,16,17). The molecule has 1 aromatic heterocycles. The van der Waals surface area contributed by atoms with E-state index in [9.17, 15) is 24.8 Å². The molecule has 20 heavy (non-hydrogen) atoms. The molecule has 1 amide bonds. The third kappa shape index (κ3) is 2.49. The third-order valence-electron chi connectivity index (χ3n) is 3.50. The Morgan fingerprint density at radius 3 is 2.80 bits per heavy atom. The van der Waals surface area contributed by atoms with Gasteiger partial charge in [-0.1, -0.05) is 0 Å². The van der Waals surface area contributed by atoms with Crippen molar-refractivity contribution in [1.29, 1.82) is 0 Å². The van der Waals surface area contributed by atoms with E-state index in [2.05, 4.69) is 0 Å². The molecule has 2 heterocycles. The molecule has 2 atom stereocenters. The number of nitro groups is 1. The molecule has 1 N–H and O–H groups in total. The number of nitrogens with zero attached hydrogens (tertiary/aromatic N) is 2. The zero-order valence-corrected chi connectivity index (χ0v) is 10.8. The molecule has 8 heteroatoms. The maximum atomic E-state index is 11.9. The summed E-state index contributed by atoms with van der Waals surface area (Å²) >= 11 is 0. The van der Waals surface area contributed by atoms with Gasteiger partial charge in [0.15, 0.2) is 0 Å². The highest BCUT2D eigenvalue weighted by molar-refractivity contribution is 5.79. The molecule has 2 unspecified atom stereocenters. The van der Waals surface area contributed by atoms with Crippen LogP contribution < -0.4 is 0 Å². The number of carboxylic acids is 1. The first-order valence-electron chi connectivity index (χ1n) is 6.14. The van der Waals surface area contributed by atoms with Gasteiger partial charge in [0.2, 0.25) is 5.91 Å². The van der Waals surface area contributed by atoms with Gasteiger partial charge in [-0.2, -0.15) is 0 Å². The molecule has 1 aromatic rings. The Bertz CT molecular complexity index is 552. The molecule has 0 aliphatic carbocycles. The summed E-state index contributed by atoms with van der Waals surface area (Å²) in [6, 6.07) is 1.70. The highest BCUT2D eigenvalue weighted by Crippen LogP contribution is 2.36. The number of carboxylic acid groups (broad SMARTS) is 1. The van der Waals surface area contributed by atoms with Gasteiger partial charge in [0, 0.05) is 13.5 Å². The Labute approximate surface area is 114 Å². The van der Waals surface area contributed by atoms with Crippen molar-refractivity contribution in [3.8, 4) is 0 Å². The van der Waals surface area contributed by atoms with Gasteiger partial charge in [-0.25, -0.2) is 0 Å². The van der Waals surface area contributed by atoms with Crippen LogP contribution in [0.1, 0.15) is 31.1 Å². The molecule has 0 spiro atoms. The van der Waals surface area contributed by atoms with E-state index in [1.54, 1.807) is 0 Å². The largest absolute Gasteiger partial charge is 0.481 e. The zero-order chi connectivity index (χ0) is 14.9. The van der Waals surface area contributed by atoms with Crippen LogP contribution in [0.3, 0.4) is 0 Å². The van der Waals surface area contributed by atoms with Gasteiger partial charge in [0.1, 0.15) is 16.7 Å². The highest BCUT2D eigenvalue weighted by atomic mass is 16.6. The van der Waals surface area contributed by atoms with Crippen molar-refractivity contribution >= 4 is 17.8 Å². The van der Waals surface area contributed by atoms with E-state index in [1.807, 2.05) is 0 Å². The Kier molecular flexibility index (Phi) is 3.73. The van der Waals surface area contributed by atoms with Crippen LogP contribution in [-0.4, -0.2) is 33.9 Å². The normalized spacial score (nSPS) is 23.4. The average Bonchev–Trinajstić information content (AvgIpc) is 2.80. The lowest BCUT2D eigenvalue weighted by Crippen LogP contribution is -2.35. The van der Waals surface area contributed by atoms with Crippen LogP contribution in [0.15, 0.2) is 16.5 Å². The first kappa shape index (κ1) is 14.0. The van der Waals surface area contributed by atoms with E-state index >= 15 is 0 Å². The molecule has 8 nitrogen and oxygen atoms in total. The number of hydrogen-bond donors (Lipinski definition) is 1. The van der Waals surface area contributed by atoms with Crippen molar-refractivity contribution < 1.29 is 24.0 Å². The number of carbonyl (C=O) groups is 2. The van der Waals surface area contributed by atoms with Gasteiger partial charge in [0.25, 0.3) is 0 Å². The van der Waals surface area contributed by atoms with E-state index < -0.39 is 28.7 Å². The summed E-state index contributed by atoms with van der Waals surface area (Å²) in [7, 11) is 1.49. The summed E-state index contributed by atoms with van der Waals surface area (Å²) in [4.78, 5) is 34.5. The van der Waals surface area contributed by atoms with Crippen LogP contribution in [0.4, 0.5) is 5.88 Å². The molecule has 0 saturated carbocycles. The van der Waals surface area contributed by atoms with Crippen LogP contribution in [0, 0.1) is 16.0 Å². The number of amides is 1. The van der Waals surface area contributed by atoms with E-state index in [0.717, 1.165) is 6.07 Å². The quantitative estimate of drug-likeness (QED) is 0.664. The van der Waals surface area contributed by atoms with Crippen LogP contribution in [0.2, 0.25) is 0 Å². The molecular weight excluding hydrogens is 268 g/mol. The van der Waals surface area contributed by atoms with Crippen LogP contribution in [0.5, 0.6) is 0 Å². The number of furan rings is 1. The summed E-state index contributed by atoms with van der Waals surface area (Å²) in [5.74, 6) is -2.42. The van der Waals surface area contributed by atoms with Crippen molar-refractivity contribution in [2.24, 2.45) is 5.92 Å². The lowest BCUT2D eigenvalue weighted by atomic mass is 9.93. The van der Waals surface area contributed by atoms with Crippen LogP contribution in [-0.2, 0) is 9.59 Å². The number of rotatable bonds is 3. The molecule has 1 aliphatic heterocycles. The zero-order valence-electron chi connectivity index (χ0n) is 10.8. The van der Waals surface area contributed by atoms with E-state index in [4.69, 9.17) is 4.42 Å². The Balaban J connectivity index is 2.41. The Morgan fingerprint density at radius 2 is 2.25 bits per heavy atom. The smallest absolute Gasteiger partial charge is 0.433 e. The van der Waals surface area contributed by atoms with Crippen molar-refractivity contribution in [3.63, 3.8) is 0 Å². The lowest BCUT2D eigenvalue weighted by Gasteiger charge is -2.28. The maximum absolute atomic E-state index is 11.9. The third-order valence-corrected chi connectivity index (χ3v) is 3.50. The molecule has 0 radical (unpaired) electrons. The number of aliphatic carboxylic acids is 1. The van der Waals surface area contributed by atoms with Crippen LogP contribution >= 0.6 is 0 Å². The SMILES string of the molecule is CN1C(=O)CCCC(C(=O)O)C1c1ccc([N+](=O)[O-])o1. The Hall–Kier alpha value is -2.38. The van der Waals surface area contributed by atoms with Gasteiger partial charge >= 0.3 is 11.9 Å². The highest BCUT2D eigenvalue weighted by Gasteiger charge is 2.39. The van der Waals surface area contributed by atoms with Crippen molar-refractivity contribution in [1.82, 2.24) is 4.90 Å². The maximum Gasteiger partial charge on any atom is 0.433 e. The summed E-state index contributed by atoms with van der Waals surface area (Å²) in [6.45, 7) is 0. The molecule has 0 bridgehead atoms. The lowest BCUT2D eigenvalue weighted by molar-refractivity contribution is -0.402. The first-order valence-corrected chi connectivity index (χ1v) is 6.14. The van der Waals surface area contributed by atoms with Crippen LogP contribution in [0.25, 0.3) is 0 Å². The molecule has 2 rings (SSSR count). The van der Waals surface area contributed by atoms with Gasteiger partial charge in [-0.3, -0.25) is 19.7 Å². The first-order chi connectivity index (χ1) is 9.41. The summed E-state index contributed by atoms with van der Waals surface area (Å²) < 4.78 is 5.08. The Morgan fingerprint density at radius 1 is 1.55 bits per heavy atom.